The van der Waals surface area contributed by atoms with Gasteiger partial charge in [0.25, 0.3) is 5.91 Å². The molecule has 2 atom stereocenters. The van der Waals surface area contributed by atoms with Gasteiger partial charge in [-0.25, -0.2) is 4.98 Å². The molecular weight excluding hydrogens is 254 g/mol. The first-order valence-corrected chi connectivity index (χ1v) is 7.30. The van der Waals surface area contributed by atoms with E-state index in [1.165, 1.54) is 18.9 Å². The van der Waals surface area contributed by atoms with Crippen LogP contribution in [0.2, 0.25) is 0 Å². The van der Waals surface area contributed by atoms with Crippen LogP contribution in [0.3, 0.4) is 0 Å². The van der Waals surface area contributed by atoms with Crippen LogP contribution < -0.4 is 0 Å². The second-order valence-corrected chi connectivity index (χ2v) is 5.86. The molecule has 2 fully saturated rings. The third-order valence-corrected chi connectivity index (χ3v) is 4.62. The van der Waals surface area contributed by atoms with E-state index in [1.807, 2.05) is 4.90 Å². The number of pyridine rings is 1. The fourth-order valence-electron chi connectivity index (χ4n) is 3.55. The smallest absolute Gasteiger partial charge is 0.276 e. The highest BCUT2D eigenvalue weighted by molar-refractivity contribution is 5.94. The Labute approximate surface area is 119 Å². The van der Waals surface area contributed by atoms with Crippen LogP contribution >= 0.6 is 0 Å². The SMILES string of the molecule is CN1CCCC2CN(C(=O)c3ncccc3O)CCC21. The highest BCUT2D eigenvalue weighted by atomic mass is 16.3. The Hall–Kier alpha value is -1.62. The third kappa shape index (κ3) is 2.38. The Bertz CT molecular complexity index is 506. The zero-order chi connectivity index (χ0) is 14.1. The minimum atomic E-state index is -0.144. The van der Waals surface area contributed by atoms with Crippen molar-refractivity contribution in [2.45, 2.75) is 25.3 Å². The quantitative estimate of drug-likeness (QED) is 0.840. The summed E-state index contributed by atoms with van der Waals surface area (Å²) in [5, 5.41) is 9.77. The standard InChI is InChI=1S/C15H21N3O2/c1-17-8-3-4-11-10-18(9-6-12(11)17)15(20)14-13(19)5-2-7-16-14/h2,5,7,11-12,19H,3-4,6,8-10H2,1H3. The van der Waals surface area contributed by atoms with E-state index in [-0.39, 0.29) is 17.4 Å². The average Bonchev–Trinajstić information content (AvgIpc) is 2.47. The maximum absolute atomic E-state index is 12.5. The molecule has 20 heavy (non-hydrogen) atoms. The van der Waals surface area contributed by atoms with Crippen LogP contribution in [-0.4, -0.2) is 58.5 Å². The topological polar surface area (TPSA) is 56.7 Å². The number of carbonyl (C=O) groups is 1. The molecule has 0 aromatic carbocycles. The molecule has 3 heterocycles. The van der Waals surface area contributed by atoms with Gasteiger partial charge in [0.1, 0.15) is 5.75 Å². The second-order valence-electron chi connectivity index (χ2n) is 5.86. The van der Waals surface area contributed by atoms with Crippen LogP contribution in [0, 0.1) is 5.92 Å². The molecular formula is C15H21N3O2. The summed E-state index contributed by atoms with van der Waals surface area (Å²) in [4.78, 5) is 20.8. The predicted octanol–water partition coefficient (Wildman–Crippen LogP) is 1.34. The molecule has 0 bridgehead atoms. The number of fused-ring (bicyclic) bond motifs is 1. The summed E-state index contributed by atoms with van der Waals surface area (Å²) in [5.41, 5.74) is 0.176. The molecule has 0 saturated carbocycles. The minimum absolute atomic E-state index is 0.0274. The molecule has 2 unspecified atom stereocenters. The lowest BCUT2D eigenvalue weighted by Crippen LogP contribution is -2.54. The maximum Gasteiger partial charge on any atom is 0.276 e. The first-order valence-electron chi connectivity index (χ1n) is 7.30. The van der Waals surface area contributed by atoms with Crippen molar-refractivity contribution in [3.05, 3.63) is 24.0 Å². The van der Waals surface area contributed by atoms with E-state index in [1.54, 1.807) is 12.3 Å². The number of nitrogens with zero attached hydrogens (tertiary/aromatic N) is 3. The molecule has 1 amide bonds. The van der Waals surface area contributed by atoms with Crippen LogP contribution in [0.25, 0.3) is 0 Å². The molecule has 1 aromatic rings. The van der Waals surface area contributed by atoms with E-state index in [0.717, 1.165) is 26.1 Å². The van der Waals surface area contributed by atoms with Gasteiger partial charge in [0.15, 0.2) is 5.69 Å². The molecule has 5 nitrogen and oxygen atoms in total. The fraction of sp³-hybridized carbons (Fsp3) is 0.600. The number of piperidine rings is 2. The summed E-state index contributed by atoms with van der Waals surface area (Å²) in [6, 6.07) is 3.75. The van der Waals surface area contributed by atoms with Gasteiger partial charge in [0.2, 0.25) is 0 Å². The van der Waals surface area contributed by atoms with Crippen LogP contribution in [0.4, 0.5) is 0 Å². The van der Waals surface area contributed by atoms with Crippen molar-refractivity contribution < 1.29 is 9.90 Å². The van der Waals surface area contributed by atoms with Gasteiger partial charge in [-0.1, -0.05) is 0 Å². The minimum Gasteiger partial charge on any atom is -0.505 e. The third-order valence-electron chi connectivity index (χ3n) is 4.62. The lowest BCUT2D eigenvalue weighted by molar-refractivity contribution is 0.0311. The molecule has 2 aliphatic heterocycles. The van der Waals surface area contributed by atoms with Crippen molar-refractivity contribution in [2.75, 3.05) is 26.7 Å². The van der Waals surface area contributed by atoms with Crippen molar-refractivity contribution >= 4 is 5.91 Å². The zero-order valence-corrected chi connectivity index (χ0v) is 11.8. The lowest BCUT2D eigenvalue weighted by atomic mass is 9.84. The number of amides is 1. The largest absolute Gasteiger partial charge is 0.505 e. The second kappa shape index (κ2) is 5.40. The zero-order valence-electron chi connectivity index (χ0n) is 11.8. The van der Waals surface area contributed by atoms with Gasteiger partial charge in [-0.05, 0) is 50.9 Å². The molecule has 0 aliphatic carbocycles. The van der Waals surface area contributed by atoms with E-state index in [2.05, 4.69) is 16.9 Å². The summed E-state index contributed by atoms with van der Waals surface area (Å²) < 4.78 is 0. The highest BCUT2D eigenvalue weighted by Crippen LogP contribution is 2.30. The molecule has 5 heteroatoms. The van der Waals surface area contributed by atoms with Crippen LogP contribution in [0.5, 0.6) is 5.75 Å². The van der Waals surface area contributed by atoms with Crippen molar-refractivity contribution in [1.29, 1.82) is 0 Å². The normalized spacial score (nSPS) is 27.1. The summed E-state index contributed by atoms with van der Waals surface area (Å²) in [6.45, 7) is 2.69. The summed E-state index contributed by atoms with van der Waals surface area (Å²) in [6.07, 6.45) is 4.95. The first kappa shape index (κ1) is 13.4. The molecule has 2 aliphatic rings. The molecule has 108 valence electrons. The Morgan fingerprint density at radius 3 is 3.05 bits per heavy atom. The lowest BCUT2D eigenvalue weighted by Gasteiger charge is -2.45. The van der Waals surface area contributed by atoms with Crippen molar-refractivity contribution in [2.24, 2.45) is 5.92 Å². The Balaban J connectivity index is 1.73. The average molecular weight is 275 g/mol. The Morgan fingerprint density at radius 2 is 2.25 bits per heavy atom. The molecule has 0 spiro atoms. The monoisotopic (exact) mass is 275 g/mol. The summed E-state index contributed by atoms with van der Waals surface area (Å²) >= 11 is 0. The molecule has 2 saturated heterocycles. The summed E-state index contributed by atoms with van der Waals surface area (Å²) in [7, 11) is 2.18. The number of hydrogen-bond donors (Lipinski definition) is 1. The predicted molar refractivity (Wildman–Crippen MR) is 75.6 cm³/mol. The van der Waals surface area contributed by atoms with Crippen LogP contribution in [-0.2, 0) is 0 Å². The van der Waals surface area contributed by atoms with E-state index >= 15 is 0 Å². The Morgan fingerprint density at radius 1 is 1.40 bits per heavy atom. The number of aromatic hydroxyl groups is 1. The van der Waals surface area contributed by atoms with Crippen LogP contribution in [0.1, 0.15) is 29.8 Å². The van der Waals surface area contributed by atoms with Gasteiger partial charge >= 0.3 is 0 Å². The molecule has 0 radical (unpaired) electrons. The number of carbonyl (C=O) groups excluding carboxylic acids is 1. The van der Waals surface area contributed by atoms with E-state index < -0.39 is 0 Å². The first-order chi connectivity index (χ1) is 9.66. The molecule has 3 rings (SSSR count). The number of hydrogen-bond acceptors (Lipinski definition) is 4. The van der Waals surface area contributed by atoms with Crippen LogP contribution in [0.15, 0.2) is 18.3 Å². The summed E-state index contributed by atoms with van der Waals surface area (Å²) in [5.74, 6) is 0.382. The maximum atomic E-state index is 12.5. The van der Waals surface area contributed by atoms with Gasteiger partial charge < -0.3 is 14.9 Å². The Kier molecular flexibility index (Phi) is 3.61. The van der Waals surface area contributed by atoms with Crippen molar-refractivity contribution in [1.82, 2.24) is 14.8 Å². The van der Waals surface area contributed by atoms with E-state index in [9.17, 15) is 9.90 Å². The number of likely N-dealkylation sites (tertiary alicyclic amines) is 2. The molecule has 1 aromatic heterocycles. The van der Waals surface area contributed by atoms with Gasteiger partial charge in [0, 0.05) is 25.3 Å². The van der Waals surface area contributed by atoms with Crippen molar-refractivity contribution in [3.8, 4) is 5.75 Å². The van der Waals surface area contributed by atoms with Gasteiger partial charge in [-0.15, -0.1) is 0 Å². The number of aromatic nitrogens is 1. The fourth-order valence-corrected chi connectivity index (χ4v) is 3.55. The van der Waals surface area contributed by atoms with Gasteiger partial charge in [-0.2, -0.15) is 0 Å². The van der Waals surface area contributed by atoms with E-state index in [4.69, 9.17) is 0 Å². The van der Waals surface area contributed by atoms with Gasteiger partial charge in [-0.3, -0.25) is 4.79 Å². The van der Waals surface area contributed by atoms with Crippen molar-refractivity contribution in [3.63, 3.8) is 0 Å². The van der Waals surface area contributed by atoms with E-state index in [0.29, 0.717) is 12.0 Å². The molecule has 1 N–H and O–H groups in total. The number of rotatable bonds is 1. The van der Waals surface area contributed by atoms with Gasteiger partial charge in [0.05, 0.1) is 0 Å². The highest BCUT2D eigenvalue weighted by Gasteiger charge is 2.36.